The molecule has 0 aromatic heterocycles. The fourth-order valence-corrected chi connectivity index (χ4v) is 2.80. The summed E-state index contributed by atoms with van der Waals surface area (Å²) in [7, 11) is 0. The summed E-state index contributed by atoms with van der Waals surface area (Å²) in [6.07, 6.45) is -10.4. The van der Waals surface area contributed by atoms with Gasteiger partial charge >= 0.3 is 12.4 Å². The van der Waals surface area contributed by atoms with E-state index in [0.717, 1.165) is 0 Å². The van der Waals surface area contributed by atoms with Crippen LogP contribution in [0.1, 0.15) is 30.0 Å². The molecule has 1 fully saturated rings. The van der Waals surface area contributed by atoms with E-state index >= 15 is 0 Å². The average molecular weight is 347 g/mol. The second-order valence-electron chi connectivity index (χ2n) is 5.69. The van der Waals surface area contributed by atoms with Crippen molar-refractivity contribution in [3.8, 4) is 0 Å². The van der Waals surface area contributed by atoms with Crippen molar-refractivity contribution in [2.45, 2.75) is 37.0 Å². The van der Waals surface area contributed by atoms with Crippen LogP contribution in [0.3, 0.4) is 0 Å². The van der Waals surface area contributed by atoms with Crippen LogP contribution >= 0.6 is 0 Å². The van der Waals surface area contributed by atoms with Crippen molar-refractivity contribution in [1.82, 2.24) is 5.32 Å². The van der Waals surface area contributed by atoms with Crippen molar-refractivity contribution in [3.63, 3.8) is 0 Å². The summed E-state index contributed by atoms with van der Waals surface area (Å²) in [5, 5.41) is 2.59. The first kappa shape index (κ1) is 18.0. The molecule has 1 aliphatic rings. The minimum atomic E-state index is -5.06. The third-order valence-corrected chi connectivity index (χ3v) is 4.14. The molecule has 1 nitrogen and oxygen atoms in total. The lowest BCUT2D eigenvalue weighted by Gasteiger charge is -2.35. The molecule has 2 rings (SSSR count). The Hall–Kier alpha value is -1.38. The number of hydrogen-bond acceptors (Lipinski definition) is 1. The smallest absolute Gasteiger partial charge is 0.316 e. The molecule has 0 spiro atoms. The molecule has 1 heterocycles. The van der Waals surface area contributed by atoms with E-state index in [9.17, 15) is 35.1 Å². The van der Waals surface area contributed by atoms with E-state index in [0.29, 0.717) is 19.1 Å². The molecule has 9 heteroatoms. The van der Waals surface area contributed by atoms with Gasteiger partial charge in [-0.3, -0.25) is 0 Å². The zero-order valence-corrected chi connectivity index (χ0v) is 11.9. The van der Waals surface area contributed by atoms with Crippen LogP contribution in [0.4, 0.5) is 35.1 Å². The second kappa shape index (κ2) is 5.32. The van der Waals surface area contributed by atoms with Crippen molar-refractivity contribution in [3.05, 3.63) is 34.9 Å². The van der Waals surface area contributed by atoms with Gasteiger partial charge in [-0.2, -0.15) is 26.3 Å². The maximum Gasteiger partial charge on any atom is 0.416 e. The van der Waals surface area contributed by atoms with E-state index in [1.807, 2.05) is 0 Å². The van der Waals surface area contributed by atoms with Crippen LogP contribution in [0.5, 0.6) is 0 Å². The number of rotatable bonds is 2. The second-order valence-corrected chi connectivity index (χ2v) is 5.69. The monoisotopic (exact) mass is 347 g/mol. The van der Waals surface area contributed by atoms with Gasteiger partial charge in [-0.15, -0.1) is 0 Å². The zero-order valence-electron chi connectivity index (χ0n) is 11.9. The Balaban J connectivity index is 2.70. The molecular formula is C14H13F8N. The van der Waals surface area contributed by atoms with Crippen molar-refractivity contribution in [2.75, 3.05) is 13.1 Å². The van der Waals surface area contributed by atoms with E-state index < -0.39 is 46.9 Å². The van der Waals surface area contributed by atoms with Gasteiger partial charge in [0.15, 0.2) is 0 Å². The normalized spacial score (nSPS) is 23.3. The van der Waals surface area contributed by atoms with Gasteiger partial charge in [-0.25, -0.2) is 8.78 Å². The summed E-state index contributed by atoms with van der Waals surface area (Å²) in [5.41, 5.74) is -5.93. The van der Waals surface area contributed by atoms with Crippen LogP contribution in [-0.4, -0.2) is 19.0 Å². The van der Waals surface area contributed by atoms with E-state index in [1.54, 1.807) is 0 Å². The summed E-state index contributed by atoms with van der Waals surface area (Å²) in [4.78, 5) is 0. The molecule has 130 valence electrons. The summed E-state index contributed by atoms with van der Waals surface area (Å²) >= 11 is 0. The number of halogens is 8. The first-order valence-electron chi connectivity index (χ1n) is 6.66. The predicted molar refractivity (Wildman–Crippen MR) is 66.2 cm³/mol. The first-order chi connectivity index (χ1) is 10.3. The molecule has 23 heavy (non-hydrogen) atoms. The van der Waals surface area contributed by atoms with E-state index in [1.165, 1.54) is 0 Å². The van der Waals surface area contributed by atoms with Crippen molar-refractivity contribution in [1.29, 1.82) is 0 Å². The predicted octanol–water partition coefficient (Wildman–Crippen LogP) is 4.61. The summed E-state index contributed by atoms with van der Waals surface area (Å²) < 4.78 is 105. The minimum absolute atomic E-state index is 0.0621. The molecular weight excluding hydrogens is 334 g/mol. The molecule has 0 saturated carbocycles. The molecule has 0 amide bonds. The SMILES string of the molecule is CC(F)(F)C1(c2cc(C(F)(F)F)cc(C(F)(F)F)c2)CCNC1. The van der Waals surface area contributed by atoms with Gasteiger partial charge in [0.05, 0.1) is 16.5 Å². The van der Waals surface area contributed by atoms with E-state index in [4.69, 9.17) is 0 Å². The highest BCUT2D eigenvalue weighted by Crippen LogP contribution is 2.47. The molecule has 0 bridgehead atoms. The van der Waals surface area contributed by atoms with E-state index in [-0.39, 0.29) is 19.0 Å². The molecule has 1 aliphatic heterocycles. The van der Waals surface area contributed by atoms with Crippen LogP contribution in [0, 0.1) is 0 Å². The molecule has 1 atom stereocenters. The third kappa shape index (κ3) is 3.29. The van der Waals surface area contributed by atoms with Crippen molar-refractivity contribution >= 4 is 0 Å². The molecule has 0 radical (unpaired) electrons. The largest absolute Gasteiger partial charge is 0.416 e. The number of benzene rings is 1. The number of alkyl halides is 8. The van der Waals surface area contributed by atoms with Crippen LogP contribution in [-0.2, 0) is 17.8 Å². The van der Waals surface area contributed by atoms with Gasteiger partial charge in [0.25, 0.3) is 5.92 Å². The van der Waals surface area contributed by atoms with E-state index in [2.05, 4.69) is 5.32 Å². The number of nitrogens with one attached hydrogen (secondary N) is 1. The first-order valence-corrected chi connectivity index (χ1v) is 6.66. The Labute approximate surface area is 126 Å². The number of hydrogen-bond donors (Lipinski definition) is 1. The maximum absolute atomic E-state index is 14.0. The van der Waals surface area contributed by atoms with Gasteiger partial charge in [-0.05, 0) is 36.7 Å². The standard InChI is InChI=1S/C14H13F8N/c1-11(15,16)12(2-3-23-7-12)8-4-9(13(17,18)19)6-10(5-8)14(20,21)22/h4-6,23H,2-3,7H2,1H3. The summed E-state index contributed by atoms with van der Waals surface area (Å²) in [5.74, 6) is -3.48. The molecule has 1 aromatic rings. The van der Waals surface area contributed by atoms with Crippen LogP contribution < -0.4 is 5.32 Å². The Morgan fingerprint density at radius 1 is 0.870 bits per heavy atom. The highest BCUT2D eigenvalue weighted by molar-refractivity contribution is 5.40. The fourth-order valence-electron chi connectivity index (χ4n) is 2.80. The third-order valence-electron chi connectivity index (χ3n) is 4.14. The maximum atomic E-state index is 14.0. The zero-order chi connectivity index (χ0) is 17.7. The molecule has 1 unspecified atom stereocenters. The molecule has 0 aliphatic carbocycles. The molecule has 1 saturated heterocycles. The lowest BCUT2D eigenvalue weighted by Crippen LogP contribution is -2.45. The minimum Gasteiger partial charge on any atom is -0.316 e. The van der Waals surface area contributed by atoms with Crippen LogP contribution in [0.15, 0.2) is 18.2 Å². The topological polar surface area (TPSA) is 12.0 Å². The molecule has 1 aromatic carbocycles. The average Bonchev–Trinajstić information content (AvgIpc) is 2.86. The van der Waals surface area contributed by atoms with Crippen molar-refractivity contribution < 1.29 is 35.1 Å². The van der Waals surface area contributed by atoms with Gasteiger partial charge in [0.2, 0.25) is 0 Å². The van der Waals surface area contributed by atoms with Gasteiger partial charge < -0.3 is 5.32 Å². The van der Waals surface area contributed by atoms with Gasteiger partial charge in [0, 0.05) is 13.5 Å². The fraction of sp³-hybridized carbons (Fsp3) is 0.571. The highest BCUT2D eigenvalue weighted by Gasteiger charge is 2.54. The van der Waals surface area contributed by atoms with Crippen LogP contribution in [0.2, 0.25) is 0 Å². The Morgan fingerprint density at radius 3 is 1.65 bits per heavy atom. The Morgan fingerprint density at radius 2 is 1.35 bits per heavy atom. The highest BCUT2D eigenvalue weighted by atomic mass is 19.4. The van der Waals surface area contributed by atoms with Gasteiger partial charge in [-0.1, -0.05) is 0 Å². The Bertz CT molecular complexity index is 544. The summed E-state index contributed by atoms with van der Waals surface area (Å²) in [6.45, 7) is 0.198. The van der Waals surface area contributed by atoms with Crippen molar-refractivity contribution in [2.24, 2.45) is 0 Å². The lowest BCUT2D eigenvalue weighted by molar-refractivity contribution is -0.143. The Kier molecular flexibility index (Phi) is 4.16. The summed E-state index contributed by atoms with van der Waals surface area (Å²) in [6, 6.07) is 0.715. The van der Waals surface area contributed by atoms with Crippen LogP contribution in [0.25, 0.3) is 0 Å². The lowest BCUT2D eigenvalue weighted by atomic mass is 9.73. The quantitative estimate of drug-likeness (QED) is 0.771. The molecule has 1 N–H and O–H groups in total. The van der Waals surface area contributed by atoms with Gasteiger partial charge in [0.1, 0.15) is 0 Å².